The summed E-state index contributed by atoms with van der Waals surface area (Å²) in [6.45, 7) is 3.71. The molecule has 1 N–H and O–H groups in total. The average Bonchev–Trinajstić information content (AvgIpc) is 3.07. The van der Waals surface area contributed by atoms with Crippen LogP contribution in [0.25, 0.3) is 0 Å². The summed E-state index contributed by atoms with van der Waals surface area (Å²) < 4.78 is 5.77. The van der Waals surface area contributed by atoms with Gasteiger partial charge >= 0.3 is 5.97 Å². The minimum Gasteiger partial charge on any atom is -0.481 e. The topological polar surface area (TPSA) is 80.4 Å². The van der Waals surface area contributed by atoms with Crippen LogP contribution in [0.3, 0.4) is 0 Å². The van der Waals surface area contributed by atoms with Crippen molar-refractivity contribution in [3.05, 3.63) is 52.2 Å². The number of carboxylic acid groups (broad SMARTS) is 1. The van der Waals surface area contributed by atoms with Gasteiger partial charge in [0.25, 0.3) is 0 Å². The number of hydrogen-bond acceptors (Lipinski definition) is 4. The summed E-state index contributed by atoms with van der Waals surface area (Å²) in [5, 5.41) is 9.66. The third-order valence-electron chi connectivity index (χ3n) is 4.87. The van der Waals surface area contributed by atoms with Gasteiger partial charge in [-0.2, -0.15) is 0 Å². The number of carbonyl (C=O) groups excluding carboxylic acids is 1. The molecule has 1 heterocycles. The van der Waals surface area contributed by atoms with Crippen molar-refractivity contribution >= 4 is 23.4 Å². The SMILES string of the molecule is CCc1nc(C(=O)C[C@H](C)CC(=O)O)c(CCCCCCc2cccc(Cl)c2)o1. The summed E-state index contributed by atoms with van der Waals surface area (Å²) in [6, 6.07) is 7.96. The molecule has 0 saturated carbocycles. The van der Waals surface area contributed by atoms with Gasteiger partial charge in [-0.25, -0.2) is 4.98 Å². The minimum absolute atomic E-state index is 0.0216. The fraction of sp³-hybridized carbons (Fsp3) is 0.522. The Bertz CT molecular complexity index is 815. The van der Waals surface area contributed by atoms with Gasteiger partial charge in [0, 0.05) is 30.7 Å². The Hall–Kier alpha value is -2.14. The van der Waals surface area contributed by atoms with Gasteiger partial charge in [0.2, 0.25) is 0 Å². The number of hydrogen-bond donors (Lipinski definition) is 1. The third-order valence-corrected chi connectivity index (χ3v) is 5.11. The van der Waals surface area contributed by atoms with Crippen LogP contribution >= 0.6 is 11.6 Å². The predicted molar refractivity (Wildman–Crippen MR) is 114 cm³/mol. The van der Waals surface area contributed by atoms with Gasteiger partial charge in [0.1, 0.15) is 11.5 Å². The standard InChI is InChI=1S/C23H30ClNO4/c1-3-21-25-23(19(26)13-16(2)14-22(27)28)20(29-21)12-7-5-4-6-9-17-10-8-11-18(24)15-17/h8,10-11,15-16H,3-7,9,12-14H2,1-2H3,(H,27,28)/t16-/m0/s1. The number of oxazole rings is 1. The Morgan fingerprint density at radius 3 is 2.52 bits per heavy atom. The molecule has 0 saturated heterocycles. The smallest absolute Gasteiger partial charge is 0.303 e. The molecule has 0 unspecified atom stereocenters. The number of unbranched alkanes of at least 4 members (excludes halogenated alkanes) is 3. The van der Waals surface area contributed by atoms with Crippen LogP contribution < -0.4 is 0 Å². The molecule has 6 heteroatoms. The highest BCUT2D eigenvalue weighted by Gasteiger charge is 2.22. The van der Waals surface area contributed by atoms with E-state index in [4.69, 9.17) is 21.1 Å². The molecule has 5 nitrogen and oxygen atoms in total. The number of carboxylic acids is 1. The highest BCUT2D eigenvalue weighted by atomic mass is 35.5. The normalized spacial score (nSPS) is 12.1. The zero-order chi connectivity index (χ0) is 21.2. The number of Topliss-reactive ketones (excluding diaryl/α,β-unsaturated/α-hetero) is 1. The van der Waals surface area contributed by atoms with E-state index in [2.05, 4.69) is 11.1 Å². The first kappa shape index (κ1) is 23.1. The molecule has 0 spiro atoms. The summed E-state index contributed by atoms with van der Waals surface area (Å²) in [7, 11) is 0. The lowest BCUT2D eigenvalue weighted by Gasteiger charge is -2.07. The summed E-state index contributed by atoms with van der Waals surface area (Å²) >= 11 is 6.01. The lowest BCUT2D eigenvalue weighted by Crippen LogP contribution is -2.12. The molecule has 1 atom stereocenters. The average molecular weight is 420 g/mol. The maximum atomic E-state index is 12.6. The van der Waals surface area contributed by atoms with E-state index in [9.17, 15) is 9.59 Å². The van der Waals surface area contributed by atoms with Crippen LogP contribution in [0, 0.1) is 5.92 Å². The van der Waals surface area contributed by atoms with Crippen LogP contribution in [-0.2, 0) is 24.1 Å². The Balaban J connectivity index is 1.81. The number of carbonyl (C=O) groups is 2. The van der Waals surface area contributed by atoms with Crippen molar-refractivity contribution in [2.75, 3.05) is 0 Å². The van der Waals surface area contributed by atoms with Crippen molar-refractivity contribution in [2.45, 2.75) is 71.6 Å². The molecular weight excluding hydrogens is 390 g/mol. The Morgan fingerprint density at radius 2 is 1.86 bits per heavy atom. The molecule has 29 heavy (non-hydrogen) atoms. The fourth-order valence-electron chi connectivity index (χ4n) is 3.38. The van der Waals surface area contributed by atoms with Gasteiger partial charge in [-0.3, -0.25) is 9.59 Å². The zero-order valence-electron chi connectivity index (χ0n) is 17.2. The number of halogens is 1. The van der Waals surface area contributed by atoms with E-state index in [0.717, 1.165) is 37.1 Å². The van der Waals surface area contributed by atoms with Crippen LogP contribution in [0.15, 0.2) is 28.7 Å². The molecule has 0 amide bonds. The van der Waals surface area contributed by atoms with E-state index in [0.29, 0.717) is 30.2 Å². The molecule has 0 aliphatic heterocycles. The second kappa shape index (κ2) is 11.8. The Morgan fingerprint density at radius 1 is 1.14 bits per heavy atom. The molecule has 1 aromatic heterocycles. The van der Waals surface area contributed by atoms with Crippen molar-refractivity contribution in [3.8, 4) is 0 Å². The highest BCUT2D eigenvalue weighted by Crippen LogP contribution is 2.20. The molecule has 0 aliphatic rings. The maximum absolute atomic E-state index is 12.6. The predicted octanol–water partition coefficient (Wildman–Crippen LogP) is 5.92. The van der Waals surface area contributed by atoms with Crippen molar-refractivity contribution in [1.29, 1.82) is 0 Å². The number of ketones is 1. The van der Waals surface area contributed by atoms with Crippen molar-refractivity contribution in [3.63, 3.8) is 0 Å². The monoisotopic (exact) mass is 419 g/mol. The lowest BCUT2D eigenvalue weighted by atomic mass is 9.98. The first-order chi connectivity index (χ1) is 13.9. The molecule has 158 valence electrons. The van der Waals surface area contributed by atoms with Gasteiger partial charge in [-0.15, -0.1) is 0 Å². The summed E-state index contributed by atoms with van der Waals surface area (Å²) in [4.78, 5) is 27.8. The van der Waals surface area contributed by atoms with Crippen LogP contribution in [0.1, 0.15) is 80.1 Å². The van der Waals surface area contributed by atoms with Gasteiger partial charge in [-0.05, 0) is 42.9 Å². The van der Waals surface area contributed by atoms with E-state index < -0.39 is 5.97 Å². The van der Waals surface area contributed by atoms with Gasteiger partial charge in [0.15, 0.2) is 11.7 Å². The summed E-state index contributed by atoms with van der Waals surface area (Å²) in [5.41, 5.74) is 1.64. The van der Waals surface area contributed by atoms with Crippen LogP contribution in [0.2, 0.25) is 5.02 Å². The van der Waals surface area contributed by atoms with Gasteiger partial charge < -0.3 is 9.52 Å². The second-order valence-electron chi connectivity index (χ2n) is 7.61. The van der Waals surface area contributed by atoms with E-state index >= 15 is 0 Å². The zero-order valence-corrected chi connectivity index (χ0v) is 18.0. The first-order valence-corrected chi connectivity index (χ1v) is 10.7. The third kappa shape index (κ3) is 8.01. The summed E-state index contributed by atoms with van der Waals surface area (Å²) in [5.74, 6) is -0.0311. The Labute approximate surface area is 177 Å². The number of aromatic nitrogens is 1. The highest BCUT2D eigenvalue weighted by molar-refractivity contribution is 6.30. The van der Waals surface area contributed by atoms with Crippen LogP contribution in [0.5, 0.6) is 0 Å². The molecule has 2 aromatic rings. The van der Waals surface area contributed by atoms with E-state index in [1.165, 1.54) is 5.56 Å². The van der Waals surface area contributed by atoms with E-state index in [1.54, 1.807) is 6.92 Å². The van der Waals surface area contributed by atoms with Gasteiger partial charge in [-0.1, -0.05) is 50.4 Å². The molecule has 0 aliphatic carbocycles. The fourth-order valence-corrected chi connectivity index (χ4v) is 3.60. The van der Waals surface area contributed by atoms with E-state index in [1.807, 2.05) is 25.1 Å². The number of rotatable bonds is 13. The number of benzene rings is 1. The van der Waals surface area contributed by atoms with Crippen molar-refractivity contribution in [2.24, 2.45) is 5.92 Å². The molecule has 2 rings (SSSR count). The quantitative estimate of drug-likeness (QED) is 0.322. The minimum atomic E-state index is -0.891. The second-order valence-corrected chi connectivity index (χ2v) is 8.04. The lowest BCUT2D eigenvalue weighted by molar-refractivity contribution is -0.137. The molecular formula is C23H30ClNO4. The van der Waals surface area contributed by atoms with Crippen LogP contribution in [-0.4, -0.2) is 21.8 Å². The van der Waals surface area contributed by atoms with Crippen molar-refractivity contribution < 1.29 is 19.1 Å². The maximum Gasteiger partial charge on any atom is 0.303 e. The number of aliphatic carboxylic acids is 1. The first-order valence-electron chi connectivity index (χ1n) is 10.4. The van der Waals surface area contributed by atoms with E-state index in [-0.39, 0.29) is 24.5 Å². The number of aryl methyl sites for hydroxylation is 3. The van der Waals surface area contributed by atoms with Gasteiger partial charge in [0.05, 0.1) is 0 Å². The molecule has 0 bridgehead atoms. The van der Waals surface area contributed by atoms with Crippen LogP contribution in [0.4, 0.5) is 0 Å². The molecule has 0 radical (unpaired) electrons. The Kier molecular flexibility index (Phi) is 9.39. The summed E-state index contributed by atoms with van der Waals surface area (Å²) in [6.07, 6.45) is 6.64. The number of nitrogens with zero attached hydrogens (tertiary/aromatic N) is 1. The largest absolute Gasteiger partial charge is 0.481 e. The van der Waals surface area contributed by atoms with Crippen molar-refractivity contribution in [1.82, 2.24) is 4.98 Å². The molecule has 0 fully saturated rings. The molecule has 1 aromatic carbocycles.